The van der Waals surface area contributed by atoms with Gasteiger partial charge in [0.2, 0.25) is 11.8 Å². The van der Waals surface area contributed by atoms with Crippen LogP contribution in [0.4, 0.5) is 11.4 Å². The summed E-state index contributed by atoms with van der Waals surface area (Å²) >= 11 is 1.57. The molecule has 3 aromatic rings. The molecule has 0 aliphatic carbocycles. The quantitative estimate of drug-likeness (QED) is 0.742. The third kappa shape index (κ3) is 3.48. The number of nitrogens with one attached hydrogen (secondary N) is 1. The number of hydrogen-bond donors (Lipinski definition) is 1. The topological polar surface area (TPSA) is 62.3 Å². The number of pyridine rings is 1. The lowest BCUT2D eigenvalue weighted by Gasteiger charge is -2.27. The van der Waals surface area contributed by atoms with Gasteiger partial charge in [0.1, 0.15) is 0 Å². The number of thiophene rings is 1. The fraction of sp³-hybridized carbons (Fsp3) is 0.190. The highest BCUT2D eigenvalue weighted by molar-refractivity contribution is 7.10. The summed E-state index contributed by atoms with van der Waals surface area (Å²) in [5.74, 6) is -0.661. The van der Waals surface area contributed by atoms with E-state index in [0.29, 0.717) is 5.69 Å². The first-order valence-electron chi connectivity index (χ1n) is 8.76. The molecule has 2 amide bonds. The van der Waals surface area contributed by atoms with Gasteiger partial charge < -0.3 is 10.2 Å². The summed E-state index contributed by atoms with van der Waals surface area (Å²) in [5.41, 5.74) is 2.58. The van der Waals surface area contributed by atoms with E-state index < -0.39 is 5.92 Å². The van der Waals surface area contributed by atoms with E-state index in [2.05, 4.69) is 10.3 Å². The van der Waals surface area contributed by atoms with Crippen molar-refractivity contribution in [3.63, 3.8) is 0 Å². The summed E-state index contributed by atoms with van der Waals surface area (Å²) in [5, 5.41) is 4.88. The van der Waals surface area contributed by atoms with Crippen molar-refractivity contribution in [2.45, 2.75) is 19.4 Å². The van der Waals surface area contributed by atoms with Gasteiger partial charge in [0.05, 0.1) is 23.8 Å². The number of benzene rings is 1. The first kappa shape index (κ1) is 17.4. The monoisotopic (exact) mass is 377 g/mol. The summed E-state index contributed by atoms with van der Waals surface area (Å²) in [6.45, 7) is 2.01. The molecule has 1 aliphatic heterocycles. The van der Waals surface area contributed by atoms with Crippen molar-refractivity contribution < 1.29 is 9.59 Å². The van der Waals surface area contributed by atoms with Crippen molar-refractivity contribution in [3.05, 3.63) is 76.7 Å². The van der Waals surface area contributed by atoms with Crippen LogP contribution in [-0.4, -0.2) is 16.8 Å². The lowest BCUT2D eigenvalue weighted by molar-refractivity contribution is -0.122. The summed E-state index contributed by atoms with van der Waals surface area (Å²) in [6.07, 6.45) is 3.44. The van der Waals surface area contributed by atoms with E-state index in [9.17, 15) is 9.59 Å². The molecule has 1 saturated heterocycles. The number of aryl methyl sites for hydroxylation is 1. The summed E-state index contributed by atoms with van der Waals surface area (Å²) in [6, 6.07) is 15.0. The van der Waals surface area contributed by atoms with E-state index in [4.69, 9.17) is 0 Å². The van der Waals surface area contributed by atoms with Gasteiger partial charge in [-0.05, 0) is 42.6 Å². The Morgan fingerprint density at radius 2 is 2.00 bits per heavy atom. The van der Waals surface area contributed by atoms with E-state index >= 15 is 0 Å². The van der Waals surface area contributed by atoms with Gasteiger partial charge >= 0.3 is 0 Å². The van der Waals surface area contributed by atoms with Crippen LogP contribution in [0.3, 0.4) is 0 Å². The van der Waals surface area contributed by atoms with Crippen LogP contribution >= 0.6 is 11.3 Å². The highest BCUT2D eigenvalue weighted by Crippen LogP contribution is 2.43. The largest absolute Gasteiger partial charge is 0.324 e. The highest BCUT2D eigenvalue weighted by atomic mass is 32.1. The molecule has 0 bridgehead atoms. The molecule has 6 heteroatoms. The van der Waals surface area contributed by atoms with Gasteiger partial charge in [0, 0.05) is 23.2 Å². The third-order valence-electron chi connectivity index (χ3n) is 4.74. The predicted octanol–water partition coefficient (Wildman–Crippen LogP) is 4.18. The molecule has 1 aliphatic rings. The maximum absolute atomic E-state index is 13.0. The molecule has 2 aromatic heterocycles. The Hall–Kier alpha value is -2.99. The molecule has 136 valence electrons. The van der Waals surface area contributed by atoms with Gasteiger partial charge in [-0.2, -0.15) is 0 Å². The lowest BCUT2D eigenvalue weighted by atomic mass is 9.97. The molecule has 1 fully saturated rings. The van der Waals surface area contributed by atoms with Crippen molar-refractivity contribution in [3.8, 4) is 0 Å². The zero-order valence-corrected chi connectivity index (χ0v) is 15.6. The number of amides is 2. The van der Waals surface area contributed by atoms with E-state index in [-0.39, 0.29) is 24.3 Å². The van der Waals surface area contributed by atoms with Crippen LogP contribution in [0.5, 0.6) is 0 Å². The fourth-order valence-corrected chi connectivity index (χ4v) is 4.32. The van der Waals surface area contributed by atoms with Gasteiger partial charge in [-0.15, -0.1) is 11.3 Å². The Balaban J connectivity index is 1.68. The molecule has 4 rings (SSSR count). The molecule has 3 heterocycles. The number of carbonyl (C=O) groups is 2. The van der Waals surface area contributed by atoms with Gasteiger partial charge in [-0.3, -0.25) is 14.6 Å². The van der Waals surface area contributed by atoms with Gasteiger partial charge in [0.15, 0.2) is 0 Å². The molecule has 1 aromatic carbocycles. The number of hydrogen-bond acceptors (Lipinski definition) is 4. The highest BCUT2D eigenvalue weighted by Gasteiger charge is 2.45. The number of rotatable bonds is 4. The summed E-state index contributed by atoms with van der Waals surface area (Å²) in [7, 11) is 0. The first-order chi connectivity index (χ1) is 13.1. The lowest BCUT2D eigenvalue weighted by Crippen LogP contribution is -2.32. The maximum Gasteiger partial charge on any atom is 0.230 e. The Morgan fingerprint density at radius 3 is 2.67 bits per heavy atom. The summed E-state index contributed by atoms with van der Waals surface area (Å²) < 4.78 is 0. The molecular formula is C21H19N3O2S. The van der Waals surface area contributed by atoms with E-state index in [1.165, 1.54) is 0 Å². The number of anilines is 2. The van der Waals surface area contributed by atoms with Crippen molar-refractivity contribution in [1.82, 2.24) is 4.98 Å². The second kappa shape index (κ2) is 7.32. The Bertz CT molecular complexity index is 939. The minimum Gasteiger partial charge on any atom is -0.324 e. The van der Waals surface area contributed by atoms with Crippen LogP contribution in [0, 0.1) is 12.8 Å². The predicted molar refractivity (Wildman–Crippen MR) is 107 cm³/mol. The van der Waals surface area contributed by atoms with Crippen LogP contribution < -0.4 is 10.2 Å². The normalized spacial score (nSPS) is 19.3. The number of aromatic nitrogens is 1. The molecule has 2 unspecified atom stereocenters. The molecule has 1 N–H and O–H groups in total. The SMILES string of the molecule is Cc1ccc(N2C(=O)CC(C(=O)Nc3cccnc3)C2c2cccs2)cc1. The van der Waals surface area contributed by atoms with Crippen LogP contribution in [0.2, 0.25) is 0 Å². The Morgan fingerprint density at radius 1 is 1.19 bits per heavy atom. The molecule has 0 spiro atoms. The maximum atomic E-state index is 13.0. The average Bonchev–Trinajstić information content (AvgIpc) is 3.31. The zero-order chi connectivity index (χ0) is 18.8. The van der Waals surface area contributed by atoms with Crippen LogP contribution in [0.15, 0.2) is 66.3 Å². The minimum atomic E-state index is -0.461. The van der Waals surface area contributed by atoms with E-state index in [0.717, 1.165) is 16.1 Å². The minimum absolute atomic E-state index is 0.0383. The molecule has 27 heavy (non-hydrogen) atoms. The fourth-order valence-electron chi connectivity index (χ4n) is 3.44. The molecule has 2 atom stereocenters. The Kier molecular flexibility index (Phi) is 4.73. The van der Waals surface area contributed by atoms with Gasteiger partial charge in [-0.1, -0.05) is 23.8 Å². The Labute approximate surface area is 161 Å². The first-order valence-corrected chi connectivity index (χ1v) is 9.64. The molecule has 0 saturated carbocycles. The van der Waals surface area contributed by atoms with Gasteiger partial charge in [-0.25, -0.2) is 0 Å². The average molecular weight is 377 g/mol. The number of carbonyl (C=O) groups excluding carboxylic acids is 2. The third-order valence-corrected chi connectivity index (χ3v) is 5.68. The van der Waals surface area contributed by atoms with Crippen LogP contribution in [-0.2, 0) is 9.59 Å². The van der Waals surface area contributed by atoms with Crippen molar-refractivity contribution >= 4 is 34.5 Å². The second-order valence-electron chi connectivity index (χ2n) is 6.60. The van der Waals surface area contributed by atoms with Gasteiger partial charge in [0.25, 0.3) is 0 Å². The smallest absolute Gasteiger partial charge is 0.230 e. The molecule has 0 radical (unpaired) electrons. The van der Waals surface area contributed by atoms with Crippen molar-refractivity contribution in [2.24, 2.45) is 5.92 Å². The second-order valence-corrected chi connectivity index (χ2v) is 7.58. The molecular weight excluding hydrogens is 358 g/mol. The summed E-state index contributed by atoms with van der Waals surface area (Å²) in [4.78, 5) is 32.7. The van der Waals surface area contributed by atoms with E-state index in [1.807, 2.05) is 48.7 Å². The van der Waals surface area contributed by atoms with Crippen molar-refractivity contribution in [2.75, 3.05) is 10.2 Å². The van der Waals surface area contributed by atoms with Crippen LogP contribution in [0.1, 0.15) is 22.9 Å². The van der Waals surface area contributed by atoms with E-state index in [1.54, 1.807) is 40.8 Å². The van der Waals surface area contributed by atoms with Crippen LogP contribution in [0.25, 0.3) is 0 Å². The standard InChI is InChI=1S/C21H19N3O2S/c1-14-6-8-16(9-7-14)24-19(25)12-17(20(24)18-5-3-11-27-18)21(26)23-15-4-2-10-22-13-15/h2-11,13,17,20H,12H2,1H3,(H,23,26). The number of nitrogens with zero attached hydrogens (tertiary/aromatic N) is 2. The zero-order valence-electron chi connectivity index (χ0n) is 14.8. The van der Waals surface area contributed by atoms with Crippen molar-refractivity contribution in [1.29, 1.82) is 0 Å². The molecule has 5 nitrogen and oxygen atoms in total.